The normalized spacial score (nSPS) is 14.0. The number of carbonyl (C=O) groups is 1. The maximum absolute atomic E-state index is 12.9. The van der Waals surface area contributed by atoms with Crippen LogP contribution in [0.2, 0.25) is 10.0 Å². The molecule has 0 amide bonds. The molecule has 41 heavy (non-hydrogen) atoms. The number of allylic oxidation sites excluding steroid dienone is 1. The third-order valence-corrected chi connectivity index (χ3v) is 6.95. The second kappa shape index (κ2) is 12.3. The molecular weight excluding hydrogens is 563 g/mol. The van der Waals surface area contributed by atoms with Gasteiger partial charge in [-0.1, -0.05) is 71.7 Å². The summed E-state index contributed by atoms with van der Waals surface area (Å²) in [5.41, 5.74) is 9.16. The van der Waals surface area contributed by atoms with Crippen LogP contribution in [-0.4, -0.2) is 12.6 Å². The van der Waals surface area contributed by atoms with Crippen LogP contribution in [0, 0.1) is 11.3 Å². The van der Waals surface area contributed by atoms with Crippen LogP contribution in [0.5, 0.6) is 23.0 Å². The third-order valence-electron chi connectivity index (χ3n) is 6.39. The minimum Gasteiger partial charge on any atom is -0.491 e. The molecule has 1 aliphatic heterocycles. The Labute approximate surface area is 247 Å². The van der Waals surface area contributed by atoms with Crippen LogP contribution in [0.25, 0.3) is 0 Å². The Hall–Kier alpha value is -4.64. The Morgan fingerprint density at radius 2 is 1.63 bits per heavy atom. The van der Waals surface area contributed by atoms with Gasteiger partial charge in [0, 0.05) is 11.6 Å². The van der Waals surface area contributed by atoms with Crippen molar-refractivity contribution < 1.29 is 23.7 Å². The number of nitrogens with zero attached hydrogens (tertiary/aromatic N) is 1. The zero-order chi connectivity index (χ0) is 28.9. The second-order valence-corrected chi connectivity index (χ2v) is 9.87. The van der Waals surface area contributed by atoms with E-state index in [4.69, 9.17) is 47.9 Å². The summed E-state index contributed by atoms with van der Waals surface area (Å²) in [4.78, 5) is 12.9. The van der Waals surface area contributed by atoms with E-state index >= 15 is 0 Å². The van der Waals surface area contributed by atoms with E-state index < -0.39 is 11.9 Å². The topological polar surface area (TPSA) is 104 Å². The van der Waals surface area contributed by atoms with Gasteiger partial charge < -0.3 is 24.7 Å². The number of hydrogen-bond donors (Lipinski definition) is 1. The average Bonchev–Trinajstić information content (AvgIpc) is 2.98. The molecule has 0 aliphatic carbocycles. The molecule has 5 rings (SSSR count). The first kappa shape index (κ1) is 27.9. The predicted molar refractivity (Wildman–Crippen MR) is 156 cm³/mol. The summed E-state index contributed by atoms with van der Waals surface area (Å²) in [6, 6.07) is 27.3. The minimum atomic E-state index is -0.670. The van der Waals surface area contributed by atoms with Crippen molar-refractivity contribution in [2.24, 2.45) is 5.73 Å². The van der Waals surface area contributed by atoms with Crippen molar-refractivity contribution >= 4 is 29.2 Å². The molecule has 1 aliphatic rings. The van der Waals surface area contributed by atoms with Crippen LogP contribution in [0.1, 0.15) is 39.9 Å². The first-order valence-corrected chi connectivity index (χ1v) is 13.5. The lowest BCUT2D eigenvalue weighted by Crippen LogP contribution is -2.21. The SMILES string of the molecule is CCOc1c(Cl)cc(C(=O)Oc2ccc3c(c2)OC(N)=C(C#N)C3c2ccc(OCc3ccccc3)cc2)cc1Cl. The number of fused-ring (bicyclic) bond motifs is 1. The molecule has 2 N–H and O–H groups in total. The smallest absolute Gasteiger partial charge is 0.343 e. The molecule has 0 saturated heterocycles. The Morgan fingerprint density at radius 3 is 2.29 bits per heavy atom. The number of nitriles is 1. The molecule has 0 fully saturated rings. The van der Waals surface area contributed by atoms with Crippen molar-refractivity contribution in [3.63, 3.8) is 0 Å². The van der Waals surface area contributed by atoms with Crippen molar-refractivity contribution in [3.05, 3.63) is 129 Å². The number of rotatable bonds is 8. The van der Waals surface area contributed by atoms with E-state index in [1.807, 2.05) is 54.6 Å². The zero-order valence-corrected chi connectivity index (χ0v) is 23.4. The van der Waals surface area contributed by atoms with Crippen LogP contribution < -0.4 is 24.7 Å². The van der Waals surface area contributed by atoms with Crippen LogP contribution in [-0.2, 0) is 6.61 Å². The van der Waals surface area contributed by atoms with Crippen LogP contribution in [0.3, 0.4) is 0 Å². The first-order valence-electron chi connectivity index (χ1n) is 12.7. The Bertz CT molecular complexity index is 1640. The van der Waals surface area contributed by atoms with E-state index in [0.29, 0.717) is 36.0 Å². The van der Waals surface area contributed by atoms with Crippen molar-refractivity contribution in [2.45, 2.75) is 19.4 Å². The fourth-order valence-electron chi connectivity index (χ4n) is 4.47. The van der Waals surface area contributed by atoms with Gasteiger partial charge in [-0.2, -0.15) is 5.26 Å². The van der Waals surface area contributed by atoms with Crippen molar-refractivity contribution in [1.82, 2.24) is 0 Å². The van der Waals surface area contributed by atoms with Crippen molar-refractivity contribution in [2.75, 3.05) is 6.61 Å². The van der Waals surface area contributed by atoms with Crippen LogP contribution in [0.4, 0.5) is 0 Å². The molecule has 0 spiro atoms. The molecule has 0 aromatic heterocycles. The summed E-state index contributed by atoms with van der Waals surface area (Å²) in [6.45, 7) is 2.61. The molecule has 7 nitrogen and oxygen atoms in total. The number of benzene rings is 4. The van der Waals surface area contributed by atoms with E-state index in [-0.39, 0.29) is 32.8 Å². The molecule has 0 saturated carbocycles. The van der Waals surface area contributed by atoms with Gasteiger partial charge in [-0.15, -0.1) is 0 Å². The maximum Gasteiger partial charge on any atom is 0.343 e. The molecular formula is C32H24Cl2N2O5. The summed E-state index contributed by atoms with van der Waals surface area (Å²) >= 11 is 12.5. The van der Waals surface area contributed by atoms with E-state index in [9.17, 15) is 10.1 Å². The van der Waals surface area contributed by atoms with Gasteiger partial charge in [-0.3, -0.25) is 0 Å². The molecule has 9 heteroatoms. The maximum atomic E-state index is 12.9. The van der Waals surface area contributed by atoms with E-state index in [0.717, 1.165) is 11.1 Å². The minimum absolute atomic E-state index is 0.0250. The van der Waals surface area contributed by atoms with Gasteiger partial charge in [0.15, 0.2) is 5.75 Å². The zero-order valence-electron chi connectivity index (χ0n) is 21.9. The van der Waals surface area contributed by atoms with Crippen molar-refractivity contribution in [3.8, 4) is 29.1 Å². The van der Waals surface area contributed by atoms with E-state index in [2.05, 4.69) is 6.07 Å². The number of nitrogens with two attached hydrogens (primary N) is 1. The molecule has 0 radical (unpaired) electrons. The highest BCUT2D eigenvalue weighted by Gasteiger charge is 2.31. The summed E-state index contributed by atoms with van der Waals surface area (Å²) in [6.07, 6.45) is 0. The molecule has 0 bridgehead atoms. The standard InChI is InChI=1S/C32H24Cl2N2O5/c1-2-38-30-26(33)14-21(15-27(30)34)32(37)40-23-12-13-24-28(16-23)41-31(36)25(17-35)29(24)20-8-10-22(11-9-20)39-18-19-6-4-3-5-7-19/h3-16,29H,2,18,36H2,1H3. The molecule has 1 unspecified atom stereocenters. The fraction of sp³-hybridized carbons (Fsp3) is 0.125. The fourth-order valence-corrected chi connectivity index (χ4v) is 5.06. The Morgan fingerprint density at radius 1 is 0.951 bits per heavy atom. The molecule has 1 atom stereocenters. The number of ether oxygens (including phenoxy) is 4. The number of hydrogen-bond acceptors (Lipinski definition) is 7. The lowest BCUT2D eigenvalue weighted by molar-refractivity contribution is 0.0734. The van der Waals surface area contributed by atoms with Crippen LogP contribution >= 0.6 is 23.2 Å². The van der Waals surface area contributed by atoms with E-state index in [1.54, 1.807) is 25.1 Å². The summed E-state index contributed by atoms with van der Waals surface area (Å²) in [7, 11) is 0. The number of carbonyl (C=O) groups excluding carboxylic acids is 1. The summed E-state index contributed by atoms with van der Waals surface area (Å²) in [5, 5.41) is 10.3. The predicted octanol–water partition coefficient (Wildman–Crippen LogP) is 7.41. The molecule has 1 heterocycles. The van der Waals surface area contributed by atoms with E-state index in [1.165, 1.54) is 12.1 Å². The van der Waals surface area contributed by atoms with Gasteiger partial charge in [0.2, 0.25) is 5.88 Å². The van der Waals surface area contributed by atoms with Crippen LogP contribution in [0.15, 0.2) is 96.4 Å². The van der Waals surface area contributed by atoms with Gasteiger partial charge in [0.05, 0.1) is 28.1 Å². The second-order valence-electron chi connectivity index (χ2n) is 9.06. The lowest BCUT2D eigenvalue weighted by atomic mass is 9.83. The first-order chi connectivity index (χ1) is 19.9. The molecule has 4 aromatic carbocycles. The van der Waals surface area contributed by atoms with Gasteiger partial charge >= 0.3 is 5.97 Å². The number of esters is 1. The number of halogens is 2. The highest BCUT2D eigenvalue weighted by atomic mass is 35.5. The monoisotopic (exact) mass is 586 g/mol. The van der Waals surface area contributed by atoms with Gasteiger partial charge in [-0.25, -0.2) is 4.79 Å². The Kier molecular flexibility index (Phi) is 8.34. The lowest BCUT2D eigenvalue weighted by Gasteiger charge is -2.27. The quantitative estimate of drug-likeness (QED) is 0.169. The average molecular weight is 587 g/mol. The van der Waals surface area contributed by atoms with Gasteiger partial charge in [0.1, 0.15) is 35.5 Å². The highest BCUT2D eigenvalue weighted by molar-refractivity contribution is 6.37. The van der Waals surface area contributed by atoms with Gasteiger partial charge in [0.25, 0.3) is 0 Å². The largest absolute Gasteiger partial charge is 0.491 e. The highest BCUT2D eigenvalue weighted by Crippen LogP contribution is 2.44. The summed E-state index contributed by atoms with van der Waals surface area (Å²) in [5.74, 6) is 0.388. The molecule has 206 valence electrons. The van der Waals surface area contributed by atoms with Crippen molar-refractivity contribution in [1.29, 1.82) is 5.26 Å². The van der Waals surface area contributed by atoms with Gasteiger partial charge in [-0.05, 0) is 48.4 Å². The third kappa shape index (κ3) is 6.09. The Balaban J connectivity index is 1.37. The summed E-state index contributed by atoms with van der Waals surface area (Å²) < 4.78 is 22.7. The molecule has 4 aromatic rings.